The van der Waals surface area contributed by atoms with Gasteiger partial charge in [-0.3, -0.25) is 4.72 Å². The van der Waals surface area contributed by atoms with Crippen molar-refractivity contribution in [3.8, 4) is 5.75 Å². The SMILES string of the molecule is COC/C=C/COc1cccc2c1C(N)=NS(=O)N2. The molecule has 1 heterocycles. The monoisotopic (exact) mass is 281 g/mol. The van der Waals surface area contributed by atoms with Crippen molar-refractivity contribution in [3.05, 3.63) is 35.9 Å². The van der Waals surface area contributed by atoms with Gasteiger partial charge in [0.2, 0.25) is 11.2 Å². The molecule has 7 heteroatoms. The van der Waals surface area contributed by atoms with Crippen LogP contribution in [0.2, 0.25) is 0 Å². The molecule has 0 amide bonds. The lowest BCUT2D eigenvalue weighted by Crippen LogP contribution is -2.24. The highest BCUT2D eigenvalue weighted by molar-refractivity contribution is 7.85. The summed E-state index contributed by atoms with van der Waals surface area (Å²) in [5, 5.41) is 0. The van der Waals surface area contributed by atoms with Crippen molar-refractivity contribution in [2.75, 3.05) is 25.0 Å². The van der Waals surface area contributed by atoms with Crippen LogP contribution in [0.4, 0.5) is 5.69 Å². The summed E-state index contributed by atoms with van der Waals surface area (Å²) in [4.78, 5) is 0. The lowest BCUT2D eigenvalue weighted by Gasteiger charge is -2.17. The highest BCUT2D eigenvalue weighted by Crippen LogP contribution is 2.29. The summed E-state index contributed by atoms with van der Waals surface area (Å²) < 4.78 is 28.4. The van der Waals surface area contributed by atoms with Gasteiger partial charge >= 0.3 is 0 Å². The maximum atomic E-state index is 11.3. The van der Waals surface area contributed by atoms with Gasteiger partial charge in [-0.1, -0.05) is 12.1 Å². The Bertz CT molecular complexity index is 543. The van der Waals surface area contributed by atoms with E-state index in [9.17, 15) is 4.21 Å². The maximum Gasteiger partial charge on any atom is 0.245 e. The predicted octanol–water partition coefficient (Wildman–Crippen LogP) is 0.978. The molecule has 0 saturated heterocycles. The number of methoxy groups -OCH3 is 1. The molecular weight excluding hydrogens is 266 g/mol. The molecule has 1 aliphatic rings. The van der Waals surface area contributed by atoms with E-state index in [0.29, 0.717) is 30.2 Å². The van der Waals surface area contributed by atoms with Crippen LogP contribution < -0.4 is 15.2 Å². The standard InChI is InChI=1S/C12H15N3O3S/c1-17-7-2-3-8-18-10-6-4-5-9-11(10)12(13)15-19(16)14-9/h2-6,14H,7-8H2,1H3,(H2,13,15)/b3-2+. The molecule has 2 rings (SSSR count). The van der Waals surface area contributed by atoms with Crippen molar-refractivity contribution in [2.24, 2.45) is 10.1 Å². The first-order chi connectivity index (χ1) is 9.22. The normalized spacial score (nSPS) is 17.7. The number of fused-ring (bicyclic) bond motifs is 1. The number of rotatable bonds is 5. The van der Waals surface area contributed by atoms with Crippen LogP contribution in [0.1, 0.15) is 5.56 Å². The molecule has 0 bridgehead atoms. The number of ether oxygens (including phenoxy) is 2. The zero-order valence-electron chi connectivity index (χ0n) is 10.5. The summed E-state index contributed by atoms with van der Waals surface area (Å²) in [5.74, 6) is 0.813. The maximum absolute atomic E-state index is 11.3. The molecule has 6 nitrogen and oxygen atoms in total. The van der Waals surface area contributed by atoms with Gasteiger partial charge in [-0.25, -0.2) is 4.21 Å². The minimum atomic E-state index is -1.52. The minimum Gasteiger partial charge on any atom is -0.489 e. The van der Waals surface area contributed by atoms with E-state index < -0.39 is 11.2 Å². The zero-order valence-corrected chi connectivity index (χ0v) is 11.3. The second-order valence-corrected chi connectivity index (χ2v) is 4.63. The van der Waals surface area contributed by atoms with Crippen LogP contribution in [0.25, 0.3) is 0 Å². The second kappa shape index (κ2) is 6.35. The number of nitrogens with two attached hydrogens (primary N) is 1. The first-order valence-electron chi connectivity index (χ1n) is 5.65. The summed E-state index contributed by atoms with van der Waals surface area (Å²) >= 11 is -1.52. The van der Waals surface area contributed by atoms with Gasteiger partial charge in [0.25, 0.3) is 0 Å². The van der Waals surface area contributed by atoms with Crippen molar-refractivity contribution >= 4 is 22.7 Å². The van der Waals surface area contributed by atoms with E-state index in [4.69, 9.17) is 15.2 Å². The highest BCUT2D eigenvalue weighted by Gasteiger charge is 2.19. The Hall–Kier alpha value is -1.86. The number of hydrogen-bond acceptors (Lipinski definition) is 4. The third-order valence-electron chi connectivity index (χ3n) is 2.43. The van der Waals surface area contributed by atoms with Crippen LogP contribution in [0.15, 0.2) is 34.7 Å². The van der Waals surface area contributed by atoms with Crippen molar-refractivity contribution in [1.82, 2.24) is 0 Å². The number of nitrogens with zero attached hydrogens (tertiary/aromatic N) is 1. The lowest BCUT2D eigenvalue weighted by molar-refractivity contribution is 0.233. The topological polar surface area (TPSA) is 85.9 Å². The highest BCUT2D eigenvalue weighted by atomic mass is 32.2. The van der Waals surface area contributed by atoms with E-state index in [2.05, 4.69) is 9.12 Å². The Labute approximate surface area is 114 Å². The van der Waals surface area contributed by atoms with Gasteiger partial charge in [0.05, 0.1) is 17.9 Å². The smallest absolute Gasteiger partial charge is 0.245 e. The quantitative estimate of drug-likeness (QED) is 0.788. The average Bonchev–Trinajstić information content (AvgIpc) is 2.37. The molecule has 1 atom stereocenters. The average molecular weight is 281 g/mol. The van der Waals surface area contributed by atoms with Gasteiger partial charge in [0.1, 0.15) is 18.2 Å². The van der Waals surface area contributed by atoms with E-state index in [0.717, 1.165) is 0 Å². The first-order valence-corrected chi connectivity index (χ1v) is 6.76. The third kappa shape index (κ3) is 3.33. The molecule has 0 saturated carbocycles. The number of nitrogens with one attached hydrogen (secondary N) is 1. The molecule has 1 aromatic carbocycles. The Morgan fingerprint density at radius 1 is 1.42 bits per heavy atom. The molecule has 1 aliphatic heterocycles. The molecule has 19 heavy (non-hydrogen) atoms. The van der Waals surface area contributed by atoms with E-state index in [1.165, 1.54) is 0 Å². The van der Waals surface area contributed by atoms with Gasteiger partial charge in [-0.2, -0.15) is 4.40 Å². The number of benzene rings is 1. The van der Waals surface area contributed by atoms with Crippen LogP contribution in [0.5, 0.6) is 5.75 Å². The molecule has 1 unspecified atom stereocenters. The summed E-state index contributed by atoms with van der Waals surface area (Å²) in [6, 6.07) is 5.37. The summed E-state index contributed by atoms with van der Waals surface area (Å²) in [7, 11) is 1.63. The Morgan fingerprint density at radius 3 is 3.00 bits per heavy atom. The second-order valence-electron chi connectivity index (χ2n) is 3.74. The van der Waals surface area contributed by atoms with Gasteiger partial charge < -0.3 is 15.2 Å². The summed E-state index contributed by atoms with van der Waals surface area (Å²) in [5.41, 5.74) is 7.09. The van der Waals surface area contributed by atoms with Gasteiger partial charge in [-0.05, 0) is 18.2 Å². The largest absolute Gasteiger partial charge is 0.489 e. The molecule has 0 fully saturated rings. The Morgan fingerprint density at radius 2 is 2.21 bits per heavy atom. The summed E-state index contributed by atoms with van der Waals surface area (Å²) in [6.07, 6.45) is 3.71. The lowest BCUT2D eigenvalue weighted by atomic mass is 10.1. The van der Waals surface area contributed by atoms with Crippen LogP contribution in [0.3, 0.4) is 0 Å². The Kier molecular flexibility index (Phi) is 4.53. The fourth-order valence-corrected chi connectivity index (χ4v) is 2.30. The van der Waals surface area contributed by atoms with Crippen LogP contribution in [-0.4, -0.2) is 30.4 Å². The molecule has 3 N–H and O–H groups in total. The molecule has 0 aromatic heterocycles. The molecule has 1 aromatic rings. The molecular formula is C12H15N3O3S. The van der Waals surface area contributed by atoms with E-state index in [-0.39, 0.29) is 5.84 Å². The molecule has 0 aliphatic carbocycles. The number of amidine groups is 1. The van der Waals surface area contributed by atoms with E-state index in [1.54, 1.807) is 25.3 Å². The predicted molar refractivity (Wildman–Crippen MR) is 75.4 cm³/mol. The van der Waals surface area contributed by atoms with Crippen molar-refractivity contribution in [3.63, 3.8) is 0 Å². The van der Waals surface area contributed by atoms with E-state index in [1.807, 2.05) is 12.2 Å². The van der Waals surface area contributed by atoms with Crippen LogP contribution in [-0.2, 0) is 15.9 Å². The first kappa shape index (κ1) is 13.6. The molecule has 0 spiro atoms. The Balaban J connectivity index is 2.14. The zero-order chi connectivity index (χ0) is 13.7. The van der Waals surface area contributed by atoms with Crippen molar-refractivity contribution in [1.29, 1.82) is 0 Å². The molecule has 102 valence electrons. The van der Waals surface area contributed by atoms with Gasteiger partial charge in [0, 0.05) is 7.11 Å². The van der Waals surface area contributed by atoms with Crippen molar-refractivity contribution in [2.45, 2.75) is 0 Å². The number of hydrogen-bond donors (Lipinski definition) is 2. The van der Waals surface area contributed by atoms with Crippen molar-refractivity contribution < 1.29 is 13.7 Å². The fraction of sp³-hybridized carbons (Fsp3) is 0.250. The fourth-order valence-electron chi connectivity index (χ4n) is 1.62. The van der Waals surface area contributed by atoms with E-state index >= 15 is 0 Å². The summed E-state index contributed by atoms with van der Waals surface area (Å²) in [6.45, 7) is 0.941. The number of anilines is 1. The molecule has 0 radical (unpaired) electrons. The van der Waals surface area contributed by atoms with Gasteiger partial charge in [-0.15, -0.1) is 0 Å². The minimum absolute atomic E-state index is 0.212. The van der Waals surface area contributed by atoms with Gasteiger partial charge in [0.15, 0.2) is 0 Å². The van der Waals surface area contributed by atoms with Crippen LogP contribution in [0, 0.1) is 0 Å². The van der Waals surface area contributed by atoms with Crippen LogP contribution >= 0.6 is 0 Å². The third-order valence-corrected chi connectivity index (χ3v) is 3.18.